The highest BCUT2D eigenvalue weighted by Crippen LogP contribution is 2.32. The molecule has 0 atom stereocenters. The van der Waals surface area contributed by atoms with Gasteiger partial charge in [-0.15, -0.1) is 11.3 Å². The van der Waals surface area contributed by atoms with Gasteiger partial charge in [-0.2, -0.15) is 9.61 Å². The van der Waals surface area contributed by atoms with E-state index >= 15 is 0 Å². The van der Waals surface area contributed by atoms with Gasteiger partial charge in [0.15, 0.2) is 5.65 Å². The van der Waals surface area contributed by atoms with Gasteiger partial charge in [0.05, 0.1) is 32.3 Å². The predicted octanol–water partition coefficient (Wildman–Crippen LogP) is 1.43. The van der Waals surface area contributed by atoms with Crippen LogP contribution < -0.4 is 27.0 Å². The first-order valence-electron chi connectivity index (χ1n) is 11.1. The van der Waals surface area contributed by atoms with Crippen molar-refractivity contribution < 1.29 is 4.79 Å². The van der Waals surface area contributed by atoms with Crippen molar-refractivity contribution in [2.24, 2.45) is 5.92 Å². The number of aromatic nitrogens is 5. The van der Waals surface area contributed by atoms with E-state index in [1.54, 1.807) is 10.7 Å². The van der Waals surface area contributed by atoms with Gasteiger partial charge in [-0.25, -0.2) is 9.78 Å². The molecule has 4 aromatic heterocycles. The molecule has 0 radical (unpaired) electrons. The van der Waals surface area contributed by atoms with Crippen LogP contribution in [0.1, 0.15) is 40.9 Å². The van der Waals surface area contributed by atoms with Gasteiger partial charge in [-0.3, -0.25) is 4.79 Å². The Morgan fingerprint density at radius 1 is 1.27 bits per heavy atom. The number of carbonyl (C=O) groups is 1. The lowest BCUT2D eigenvalue weighted by Crippen LogP contribution is -2.24. The predicted molar refractivity (Wildman–Crippen MR) is 128 cm³/mol. The molecule has 168 valence electrons. The van der Waals surface area contributed by atoms with Crippen LogP contribution in [0.2, 0.25) is 0 Å². The Hall–Kier alpha value is -3.66. The van der Waals surface area contributed by atoms with Gasteiger partial charge in [0.25, 0.3) is 5.91 Å². The van der Waals surface area contributed by atoms with E-state index < -0.39 is 0 Å². The van der Waals surface area contributed by atoms with Crippen LogP contribution in [0.25, 0.3) is 28.9 Å². The Morgan fingerprint density at radius 3 is 2.85 bits per heavy atom. The number of rotatable bonds is 7. The second kappa shape index (κ2) is 7.73. The molecule has 10 heteroatoms. The number of fused-ring (bicyclic) bond motifs is 1. The first kappa shape index (κ1) is 20.0. The molecule has 0 spiro atoms. The second-order valence-corrected chi connectivity index (χ2v) is 9.80. The quantitative estimate of drug-likeness (QED) is 0.332. The zero-order chi connectivity index (χ0) is 22.5. The Kier molecular flexibility index (Phi) is 4.68. The van der Waals surface area contributed by atoms with Crippen LogP contribution in [-0.4, -0.2) is 43.1 Å². The molecule has 2 aliphatic rings. The zero-order valence-electron chi connectivity index (χ0n) is 17.9. The summed E-state index contributed by atoms with van der Waals surface area (Å²) >= 11 is 1.43. The summed E-state index contributed by atoms with van der Waals surface area (Å²) < 4.78 is 1.78. The van der Waals surface area contributed by atoms with Crippen molar-refractivity contribution in [1.82, 2.24) is 29.9 Å². The van der Waals surface area contributed by atoms with Gasteiger partial charge < -0.3 is 20.6 Å². The number of H-pyrrole nitrogens is 2. The molecule has 6 rings (SSSR count). The van der Waals surface area contributed by atoms with Crippen molar-refractivity contribution in [2.45, 2.75) is 31.7 Å². The van der Waals surface area contributed by atoms with E-state index in [9.17, 15) is 9.59 Å². The molecule has 4 N–H and O–H groups in total. The van der Waals surface area contributed by atoms with Crippen molar-refractivity contribution in [3.8, 4) is 10.6 Å². The van der Waals surface area contributed by atoms with Crippen LogP contribution in [0.3, 0.4) is 0 Å². The molecule has 0 aliphatic heterocycles. The van der Waals surface area contributed by atoms with Gasteiger partial charge in [0, 0.05) is 24.2 Å². The fourth-order valence-electron chi connectivity index (χ4n) is 3.70. The lowest BCUT2D eigenvalue weighted by Gasteiger charge is -2.09. The molecular weight excluding hydrogens is 438 g/mol. The average Bonchev–Trinajstić information content (AvgIpc) is 3.68. The maximum Gasteiger partial charge on any atom is 0.323 e. The summed E-state index contributed by atoms with van der Waals surface area (Å²) in [6, 6.07) is 6.20. The number of hydrogen-bond donors (Lipinski definition) is 4. The fraction of sp³-hybridized carbons (Fsp3) is 0.304. The minimum absolute atomic E-state index is 0.0340. The minimum atomic E-state index is -0.307. The van der Waals surface area contributed by atoms with Gasteiger partial charge >= 0.3 is 5.69 Å². The van der Waals surface area contributed by atoms with Crippen molar-refractivity contribution in [3.63, 3.8) is 0 Å². The third-order valence-electron chi connectivity index (χ3n) is 5.90. The Morgan fingerprint density at radius 2 is 2.12 bits per heavy atom. The van der Waals surface area contributed by atoms with Crippen LogP contribution in [0.5, 0.6) is 0 Å². The second-order valence-electron chi connectivity index (χ2n) is 8.71. The van der Waals surface area contributed by atoms with E-state index in [0.29, 0.717) is 33.2 Å². The number of anilines is 1. The van der Waals surface area contributed by atoms with Gasteiger partial charge in [0.1, 0.15) is 5.82 Å². The Balaban J connectivity index is 1.41. The molecule has 4 heterocycles. The molecule has 4 aromatic rings. The van der Waals surface area contributed by atoms with E-state index in [4.69, 9.17) is 4.98 Å². The number of thiophene rings is 1. The summed E-state index contributed by atoms with van der Waals surface area (Å²) in [6.07, 6.45) is 8.19. The number of hydrogen-bond acceptors (Lipinski definition) is 6. The number of nitrogens with zero attached hydrogens (tertiary/aromatic N) is 3. The van der Waals surface area contributed by atoms with Crippen LogP contribution in [0, 0.1) is 5.92 Å². The third kappa shape index (κ3) is 4.09. The maximum absolute atomic E-state index is 12.5. The van der Waals surface area contributed by atoms with E-state index in [-0.39, 0.29) is 11.6 Å². The normalized spacial score (nSPS) is 16.4. The summed E-state index contributed by atoms with van der Waals surface area (Å²) in [5.41, 5.74) is 1.88. The summed E-state index contributed by atoms with van der Waals surface area (Å²) in [5, 5.41) is 12.2. The highest BCUT2D eigenvalue weighted by molar-refractivity contribution is 7.17. The Labute approximate surface area is 192 Å². The molecule has 0 saturated heterocycles. The fourth-order valence-corrected chi connectivity index (χ4v) is 4.59. The number of amides is 1. The number of nitrogens with one attached hydrogen (secondary N) is 4. The standard InChI is InChI=1S/C23H23N7O2S/c1-12-16(29-23(32)26-12)8-14-11-25-30-20(27-15-4-5-15)9-17(28-21(14)30)18-6-7-19(33-18)22(31)24-10-13-2-3-13/h6-9,11,13,15,27H,1-5,10H2,(H,24,31)(H2,26,29,32)/b16-8-. The molecule has 0 bridgehead atoms. The lowest BCUT2D eigenvalue weighted by atomic mass is 10.2. The van der Waals surface area contributed by atoms with Gasteiger partial charge in [-0.1, -0.05) is 6.58 Å². The minimum Gasteiger partial charge on any atom is -0.367 e. The lowest BCUT2D eigenvalue weighted by molar-refractivity contribution is 0.0956. The van der Waals surface area contributed by atoms with E-state index in [1.165, 1.54) is 24.2 Å². The molecule has 2 fully saturated rings. The van der Waals surface area contributed by atoms with Crippen LogP contribution in [0.15, 0.2) is 29.2 Å². The maximum atomic E-state index is 12.5. The number of imidazole rings is 1. The topological polar surface area (TPSA) is 120 Å². The van der Waals surface area contributed by atoms with E-state index in [0.717, 1.165) is 41.3 Å². The van der Waals surface area contributed by atoms with Crippen LogP contribution in [-0.2, 0) is 0 Å². The monoisotopic (exact) mass is 461 g/mol. The molecule has 2 aliphatic carbocycles. The summed E-state index contributed by atoms with van der Waals surface area (Å²) in [6.45, 7) is 4.61. The van der Waals surface area contributed by atoms with Gasteiger partial charge in [-0.05, 0) is 49.8 Å². The van der Waals surface area contributed by atoms with E-state index in [2.05, 4.69) is 32.3 Å². The third-order valence-corrected chi connectivity index (χ3v) is 7.00. The first-order valence-corrected chi connectivity index (χ1v) is 11.9. The van der Waals surface area contributed by atoms with Crippen LogP contribution in [0.4, 0.5) is 5.82 Å². The van der Waals surface area contributed by atoms with Gasteiger partial charge in [0.2, 0.25) is 0 Å². The van der Waals surface area contributed by atoms with Crippen molar-refractivity contribution in [1.29, 1.82) is 0 Å². The smallest absolute Gasteiger partial charge is 0.323 e. The van der Waals surface area contributed by atoms with Crippen molar-refractivity contribution in [3.05, 3.63) is 56.0 Å². The van der Waals surface area contributed by atoms with E-state index in [1.807, 2.05) is 24.3 Å². The number of aromatic amines is 2. The average molecular weight is 462 g/mol. The summed E-state index contributed by atoms with van der Waals surface area (Å²) in [4.78, 5) is 36.0. The summed E-state index contributed by atoms with van der Waals surface area (Å²) in [5.74, 6) is 1.45. The zero-order valence-corrected chi connectivity index (χ0v) is 18.7. The largest absolute Gasteiger partial charge is 0.367 e. The van der Waals surface area contributed by atoms with Crippen molar-refractivity contribution in [2.75, 3.05) is 11.9 Å². The molecule has 33 heavy (non-hydrogen) atoms. The molecule has 0 aromatic carbocycles. The molecular formula is C23H23N7O2S. The molecule has 0 unspecified atom stereocenters. The van der Waals surface area contributed by atoms with Crippen molar-refractivity contribution >= 4 is 41.4 Å². The van der Waals surface area contributed by atoms with Crippen LogP contribution >= 0.6 is 11.3 Å². The highest BCUT2D eigenvalue weighted by atomic mass is 32.1. The SMILES string of the molecule is C=c1[nH]c(=O)[nH]/c1=C\c1cnn2c(NC3CC3)cc(-c3ccc(C(=O)NCC4CC4)s3)nc12. The molecule has 1 amide bonds. The highest BCUT2D eigenvalue weighted by Gasteiger charge is 2.24. The first-order chi connectivity index (χ1) is 16.0. The Bertz CT molecular complexity index is 1530. The summed E-state index contributed by atoms with van der Waals surface area (Å²) in [7, 11) is 0. The number of carbonyl (C=O) groups excluding carboxylic acids is 1. The molecule has 2 saturated carbocycles. The molecule has 9 nitrogen and oxygen atoms in total.